The molecule has 0 saturated carbocycles. The highest BCUT2D eigenvalue weighted by molar-refractivity contribution is 5.56. The van der Waals surface area contributed by atoms with Gasteiger partial charge < -0.3 is 9.84 Å². The first-order valence-corrected chi connectivity index (χ1v) is 5.22. The van der Waals surface area contributed by atoms with Gasteiger partial charge in [-0.15, -0.1) is 0 Å². The molecule has 2 heterocycles. The number of nitrogens with zero attached hydrogens (tertiary/aromatic N) is 3. The minimum Gasteiger partial charge on any atom is -0.364 e. The van der Waals surface area contributed by atoms with Crippen LogP contribution in [0.4, 0.5) is 5.82 Å². The standard InChI is InChI=1S/C12H12N4O/c1-8-5-9(2)15-12(11(8)6-13)14-7-10-3-4-17-16-10/h3-5H,7H2,1-2H3,(H,14,15). The van der Waals surface area contributed by atoms with Crippen LogP contribution in [0.5, 0.6) is 0 Å². The second-order valence-corrected chi connectivity index (χ2v) is 3.76. The first kappa shape index (κ1) is 11.1. The molecule has 0 fully saturated rings. The zero-order valence-corrected chi connectivity index (χ0v) is 9.69. The lowest BCUT2D eigenvalue weighted by molar-refractivity contribution is 0.412. The minimum absolute atomic E-state index is 0.487. The molecule has 0 bridgehead atoms. The van der Waals surface area contributed by atoms with Crippen molar-refractivity contribution in [2.45, 2.75) is 20.4 Å². The Hall–Kier alpha value is -2.35. The average molecular weight is 228 g/mol. The summed E-state index contributed by atoms with van der Waals surface area (Å²) in [7, 11) is 0. The van der Waals surface area contributed by atoms with Crippen molar-refractivity contribution in [2.24, 2.45) is 0 Å². The largest absolute Gasteiger partial charge is 0.364 e. The summed E-state index contributed by atoms with van der Waals surface area (Å²) in [5, 5.41) is 16.0. The fourth-order valence-corrected chi connectivity index (χ4v) is 1.61. The maximum Gasteiger partial charge on any atom is 0.144 e. The monoisotopic (exact) mass is 228 g/mol. The molecule has 0 saturated heterocycles. The van der Waals surface area contributed by atoms with Gasteiger partial charge in [-0.2, -0.15) is 5.26 Å². The highest BCUT2D eigenvalue weighted by Crippen LogP contribution is 2.17. The summed E-state index contributed by atoms with van der Waals surface area (Å²) in [6, 6.07) is 5.81. The van der Waals surface area contributed by atoms with Gasteiger partial charge in [0.25, 0.3) is 0 Å². The first-order chi connectivity index (χ1) is 8.20. The van der Waals surface area contributed by atoms with Crippen molar-refractivity contribution in [3.8, 4) is 6.07 Å². The number of anilines is 1. The van der Waals surface area contributed by atoms with Crippen LogP contribution in [0.1, 0.15) is 22.5 Å². The molecule has 0 atom stereocenters. The quantitative estimate of drug-likeness (QED) is 0.871. The van der Waals surface area contributed by atoms with E-state index >= 15 is 0 Å². The van der Waals surface area contributed by atoms with Crippen molar-refractivity contribution in [1.29, 1.82) is 5.26 Å². The molecular weight excluding hydrogens is 216 g/mol. The number of nitrogens with one attached hydrogen (secondary N) is 1. The Balaban J connectivity index is 2.23. The SMILES string of the molecule is Cc1cc(C)c(C#N)c(NCc2ccon2)n1. The normalized spacial score (nSPS) is 9.94. The lowest BCUT2D eigenvalue weighted by atomic mass is 10.1. The van der Waals surface area contributed by atoms with Crippen LogP contribution in [0.3, 0.4) is 0 Å². The predicted octanol–water partition coefficient (Wildman–Crippen LogP) is 2.17. The van der Waals surface area contributed by atoms with Crippen LogP contribution in [0.15, 0.2) is 22.9 Å². The van der Waals surface area contributed by atoms with Gasteiger partial charge in [0.15, 0.2) is 0 Å². The van der Waals surface area contributed by atoms with E-state index in [0.717, 1.165) is 17.0 Å². The Morgan fingerprint density at radius 1 is 1.47 bits per heavy atom. The van der Waals surface area contributed by atoms with Gasteiger partial charge >= 0.3 is 0 Å². The van der Waals surface area contributed by atoms with Gasteiger partial charge in [-0.3, -0.25) is 0 Å². The summed E-state index contributed by atoms with van der Waals surface area (Å²) >= 11 is 0. The molecule has 0 aliphatic carbocycles. The zero-order chi connectivity index (χ0) is 12.3. The van der Waals surface area contributed by atoms with Crippen LogP contribution in [-0.2, 0) is 6.54 Å². The van der Waals surface area contributed by atoms with Crippen LogP contribution >= 0.6 is 0 Å². The highest BCUT2D eigenvalue weighted by atomic mass is 16.5. The molecule has 5 nitrogen and oxygen atoms in total. The Morgan fingerprint density at radius 2 is 2.29 bits per heavy atom. The zero-order valence-electron chi connectivity index (χ0n) is 9.69. The average Bonchev–Trinajstić information content (AvgIpc) is 2.78. The predicted molar refractivity (Wildman–Crippen MR) is 62.3 cm³/mol. The second kappa shape index (κ2) is 4.66. The van der Waals surface area contributed by atoms with E-state index in [9.17, 15) is 0 Å². The minimum atomic E-state index is 0.487. The van der Waals surface area contributed by atoms with Crippen molar-refractivity contribution >= 4 is 5.82 Å². The van der Waals surface area contributed by atoms with Crippen LogP contribution < -0.4 is 5.32 Å². The number of hydrogen-bond acceptors (Lipinski definition) is 5. The van der Waals surface area contributed by atoms with Crippen LogP contribution in [0.25, 0.3) is 0 Å². The smallest absolute Gasteiger partial charge is 0.144 e. The summed E-state index contributed by atoms with van der Waals surface area (Å²) in [6.45, 7) is 4.28. The number of aryl methyl sites for hydroxylation is 2. The van der Waals surface area contributed by atoms with E-state index in [1.807, 2.05) is 19.9 Å². The number of aromatic nitrogens is 2. The number of hydrogen-bond donors (Lipinski definition) is 1. The molecule has 0 amide bonds. The summed E-state index contributed by atoms with van der Waals surface area (Å²) < 4.78 is 4.73. The molecule has 0 unspecified atom stereocenters. The topological polar surface area (TPSA) is 74.7 Å². The van der Waals surface area contributed by atoms with Gasteiger partial charge in [0.1, 0.15) is 23.8 Å². The molecule has 2 aromatic heterocycles. The Bertz CT molecular complexity index is 555. The molecule has 2 aromatic rings. The summed E-state index contributed by atoms with van der Waals surface area (Å²) in [5.74, 6) is 0.591. The van der Waals surface area contributed by atoms with E-state index < -0.39 is 0 Å². The fourth-order valence-electron chi connectivity index (χ4n) is 1.61. The molecule has 0 aliphatic heterocycles. The van der Waals surface area contributed by atoms with E-state index in [2.05, 4.69) is 21.5 Å². The van der Waals surface area contributed by atoms with E-state index in [4.69, 9.17) is 9.78 Å². The highest BCUT2D eigenvalue weighted by Gasteiger charge is 2.08. The Kier molecular flexibility index (Phi) is 3.06. The molecule has 0 radical (unpaired) electrons. The molecule has 5 heteroatoms. The summed E-state index contributed by atoms with van der Waals surface area (Å²) in [4.78, 5) is 4.31. The van der Waals surface area contributed by atoms with Crippen LogP contribution in [0.2, 0.25) is 0 Å². The van der Waals surface area contributed by atoms with Gasteiger partial charge in [0.2, 0.25) is 0 Å². The molecule has 0 spiro atoms. The van der Waals surface area contributed by atoms with Crippen molar-refractivity contribution < 1.29 is 4.52 Å². The van der Waals surface area contributed by atoms with Gasteiger partial charge in [0.05, 0.1) is 12.1 Å². The third kappa shape index (κ3) is 2.42. The van der Waals surface area contributed by atoms with Gasteiger partial charge in [-0.05, 0) is 25.5 Å². The molecular formula is C12H12N4O. The molecule has 2 rings (SSSR count). The molecule has 86 valence electrons. The molecule has 1 N–H and O–H groups in total. The van der Waals surface area contributed by atoms with Crippen molar-refractivity contribution in [3.63, 3.8) is 0 Å². The van der Waals surface area contributed by atoms with Crippen molar-refractivity contribution in [3.05, 3.63) is 40.9 Å². The Morgan fingerprint density at radius 3 is 2.94 bits per heavy atom. The molecule has 0 aromatic carbocycles. The third-order valence-electron chi connectivity index (χ3n) is 2.38. The number of nitriles is 1. The van der Waals surface area contributed by atoms with Gasteiger partial charge in [-0.1, -0.05) is 5.16 Å². The lowest BCUT2D eigenvalue weighted by Crippen LogP contribution is -2.05. The maximum atomic E-state index is 9.08. The van der Waals surface area contributed by atoms with E-state index in [-0.39, 0.29) is 0 Å². The van der Waals surface area contributed by atoms with E-state index in [0.29, 0.717) is 17.9 Å². The van der Waals surface area contributed by atoms with Gasteiger partial charge in [-0.25, -0.2) is 4.98 Å². The first-order valence-electron chi connectivity index (χ1n) is 5.22. The lowest BCUT2D eigenvalue weighted by Gasteiger charge is -2.08. The van der Waals surface area contributed by atoms with Crippen LogP contribution in [0, 0.1) is 25.2 Å². The van der Waals surface area contributed by atoms with E-state index in [1.54, 1.807) is 6.07 Å². The van der Waals surface area contributed by atoms with Gasteiger partial charge in [0, 0.05) is 11.8 Å². The number of pyridine rings is 1. The Labute approximate surface area is 99.1 Å². The van der Waals surface area contributed by atoms with E-state index in [1.165, 1.54) is 6.26 Å². The third-order valence-corrected chi connectivity index (χ3v) is 2.38. The van der Waals surface area contributed by atoms with Crippen molar-refractivity contribution in [1.82, 2.24) is 10.1 Å². The molecule has 0 aliphatic rings. The number of rotatable bonds is 3. The van der Waals surface area contributed by atoms with Crippen LogP contribution in [-0.4, -0.2) is 10.1 Å². The van der Waals surface area contributed by atoms with Crippen molar-refractivity contribution in [2.75, 3.05) is 5.32 Å². The summed E-state index contributed by atoms with van der Waals surface area (Å²) in [5.41, 5.74) is 3.14. The summed E-state index contributed by atoms with van der Waals surface area (Å²) in [6.07, 6.45) is 1.51. The fraction of sp³-hybridized carbons (Fsp3) is 0.250. The second-order valence-electron chi connectivity index (χ2n) is 3.76. The molecule has 17 heavy (non-hydrogen) atoms. The maximum absolute atomic E-state index is 9.08.